The van der Waals surface area contributed by atoms with Crippen LogP contribution in [0.1, 0.15) is 18.4 Å². The highest BCUT2D eigenvalue weighted by Crippen LogP contribution is 2.20. The van der Waals surface area contributed by atoms with Gasteiger partial charge in [0.25, 0.3) is 0 Å². The lowest BCUT2D eigenvalue weighted by atomic mass is 9.89. The first-order valence-corrected chi connectivity index (χ1v) is 5.29. The maximum absolute atomic E-state index is 9.35. The minimum absolute atomic E-state index is 0.151. The fourth-order valence-corrected chi connectivity index (χ4v) is 1.70. The molecule has 2 N–H and O–H groups in total. The van der Waals surface area contributed by atoms with E-state index in [0.29, 0.717) is 0 Å². The van der Waals surface area contributed by atoms with Gasteiger partial charge in [-0.2, -0.15) is 0 Å². The van der Waals surface area contributed by atoms with Gasteiger partial charge in [0, 0.05) is 17.6 Å². The highest BCUT2D eigenvalue weighted by Gasteiger charge is 2.27. The summed E-state index contributed by atoms with van der Waals surface area (Å²) < 4.78 is 0. The zero-order chi connectivity index (χ0) is 9.97. The van der Waals surface area contributed by atoms with Crippen LogP contribution in [0.15, 0.2) is 24.3 Å². The number of hydrogen-bond acceptors (Lipinski definition) is 2. The summed E-state index contributed by atoms with van der Waals surface area (Å²) >= 11 is 5.78. The quantitative estimate of drug-likeness (QED) is 0.801. The Labute approximate surface area is 88.9 Å². The van der Waals surface area contributed by atoms with Crippen LogP contribution in [0.25, 0.3) is 0 Å². The zero-order valence-corrected chi connectivity index (χ0v) is 8.67. The molecule has 0 amide bonds. The van der Waals surface area contributed by atoms with Crippen molar-refractivity contribution in [3.63, 3.8) is 0 Å². The Morgan fingerprint density at radius 1 is 1.29 bits per heavy atom. The van der Waals surface area contributed by atoms with E-state index in [9.17, 15) is 5.11 Å². The van der Waals surface area contributed by atoms with Gasteiger partial charge >= 0.3 is 0 Å². The van der Waals surface area contributed by atoms with Crippen LogP contribution in [0.2, 0.25) is 5.02 Å². The van der Waals surface area contributed by atoms with Crippen molar-refractivity contribution < 1.29 is 5.11 Å². The highest BCUT2D eigenvalue weighted by atomic mass is 35.5. The molecule has 1 saturated carbocycles. The molecular formula is C11H14ClNO. The third kappa shape index (κ3) is 2.27. The van der Waals surface area contributed by atoms with Gasteiger partial charge in [0.2, 0.25) is 0 Å². The molecule has 0 radical (unpaired) electrons. The van der Waals surface area contributed by atoms with E-state index in [2.05, 4.69) is 5.32 Å². The fourth-order valence-electron chi connectivity index (χ4n) is 1.57. The molecule has 0 saturated heterocycles. The smallest absolute Gasteiger partial charge is 0.0693 e. The van der Waals surface area contributed by atoms with Crippen LogP contribution in [-0.4, -0.2) is 17.3 Å². The Balaban J connectivity index is 1.83. The molecule has 2 rings (SSSR count). The predicted octanol–water partition coefficient (Wildman–Crippen LogP) is 1.95. The molecule has 2 nitrogen and oxygen atoms in total. The predicted molar refractivity (Wildman–Crippen MR) is 57.3 cm³/mol. The van der Waals surface area contributed by atoms with E-state index in [0.717, 1.165) is 24.4 Å². The van der Waals surface area contributed by atoms with E-state index in [4.69, 9.17) is 11.6 Å². The number of halogens is 1. The van der Waals surface area contributed by atoms with Crippen molar-refractivity contribution in [1.29, 1.82) is 0 Å². The van der Waals surface area contributed by atoms with Crippen molar-refractivity contribution in [2.45, 2.75) is 31.5 Å². The van der Waals surface area contributed by atoms with Crippen molar-refractivity contribution in [2.24, 2.45) is 0 Å². The van der Waals surface area contributed by atoms with Crippen LogP contribution in [-0.2, 0) is 6.54 Å². The second kappa shape index (κ2) is 4.30. The fraction of sp³-hybridized carbons (Fsp3) is 0.455. The number of rotatable bonds is 3. The lowest BCUT2D eigenvalue weighted by Gasteiger charge is -2.33. The molecule has 0 spiro atoms. The first-order valence-electron chi connectivity index (χ1n) is 4.91. The molecule has 2 unspecified atom stereocenters. The van der Waals surface area contributed by atoms with Crippen molar-refractivity contribution in [3.8, 4) is 0 Å². The Bertz CT molecular complexity index is 299. The van der Waals surface area contributed by atoms with E-state index in [1.807, 2.05) is 24.3 Å². The summed E-state index contributed by atoms with van der Waals surface area (Å²) in [5.41, 5.74) is 1.20. The molecule has 0 aliphatic heterocycles. The number of benzene rings is 1. The van der Waals surface area contributed by atoms with E-state index in [1.165, 1.54) is 5.56 Å². The number of hydrogen-bond donors (Lipinski definition) is 2. The number of aliphatic hydroxyl groups is 1. The van der Waals surface area contributed by atoms with Crippen LogP contribution < -0.4 is 5.32 Å². The molecular weight excluding hydrogens is 198 g/mol. The summed E-state index contributed by atoms with van der Waals surface area (Å²) in [6, 6.07) is 8.05. The molecule has 0 aromatic heterocycles. The molecule has 1 aromatic rings. The molecule has 0 bridgehead atoms. The van der Waals surface area contributed by atoms with Crippen LogP contribution in [0.4, 0.5) is 0 Å². The van der Waals surface area contributed by atoms with Gasteiger partial charge in [-0.1, -0.05) is 23.7 Å². The Morgan fingerprint density at radius 3 is 2.50 bits per heavy atom. The average molecular weight is 212 g/mol. The SMILES string of the molecule is OC1CCC1NCc1ccc(Cl)cc1. The largest absolute Gasteiger partial charge is 0.392 e. The Morgan fingerprint density at radius 2 is 2.00 bits per heavy atom. The second-order valence-electron chi connectivity index (χ2n) is 3.76. The van der Waals surface area contributed by atoms with Gasteiger partial charge in [-0.15, -0.1) is 0 Å². The second-order valence-corrected chi connectivity index (χ2v) is 4.19. The van der Waals surface area contributed by atoms with Gasteiger partial charge in [-0.05, 0) is 30.5 Å². The van der Waals surface area contributed by atoms with Gasteiger partial charge < -0.3 is 10.4 Å². The van der Waals surface area contributed by atoms with Crippen LogP contribution in [0.5, 0.6) is 0 Å². The standard InChI is InChI=1S/C11H14ClNO/c12-9-3-1-8(2-4-9)7-13-10-5-6-11(10)14/h1-4,10-11,13-14H,5-7H2. The zero-order valence-electron chi connectivity index (χ0n) is 7.91. The molecule has 76 valence electrons. The van der Waals surface area contributed by atoms with E-state index >= 15 is 0 Å². The van der Waals surface area contributed by atoms with Gasteiger partial charge in [-0.25, -0.2) is 0 Å². The van der Waals surface area contributed by atoms with Crippen molar-refractivity contribution in [3.05, 3.63) is 34.9 Å². The Hall–Kier alpha value is -0.570. The molecule has 0 heterocycles. The van der Waals surface area contributed by atoms with Crippen LogP contribution in [0, 0.1) is 0 Å². The average Bonchev–Trinajstić information content (AvgIpc) is 2.19. The molecule has 1 aromatic carbocycles. The van der Waals surface area contributed by atoms with Crippen molar-refractivity contribution in [2.75, 3.05) is 0 Å². The van der Waals surface area contributed by atoms with Crippen molar-refractivity contribution >= 4 is 11.6 Å². The molecule has 14 heavy (non-hydrogen) atoms. The van der Waals surface area contributed by atoms with E-state index in [1.54, 1.807) is 0 Å². The summed E-state index contributed by atoms with van der Waals surface area (Å²) in [5.74, 6) is 0. The summed E-state index contributed by atoms with van der Waals surface area (Å²) in [6.07, 6.45) is 1.86. The maximum atomic E-state index is 9.35. The van der Waals surface area contributed by atoms with E-state index in [-0.39, 0.29) is 12.1 Å². The summed E-state index contributed by atoms with van der Waals surface area (Å²) in [7, 11) is 0. The highest BCUT2D eigenvalue weighted by molar-refractivity contribution is 6.30. The topological polar surface area (TPSA) is 32.3 Å². The first-order chi connectivity index (χ1) is 6.75. The monoisotopic (exact) mass is 211 g/mol. The minimum Gasteiger partial charge on any atom is -0.392 e. The van der Waals surface area contributed by atoms with Gasteiger partial charge in [0.05, 0.1) is 6.10 Å². The minimum atomic E-state index is -0.151. The molecule has 3 heteroatoms. The van der Waals surface area contributed by atoms with Gasteiger partial charge in [-0.3, -0.25) is 0 Å². The lowest BCUT2D eigenvalue weighted by molar-refractivity contribution is 0.0493. The Kier molecular flexibility index (Phi) is 3.06. The van der Waals surface area contributed by atoms with Crippen LogP contribution in [0.3, 0.4) is 0 Å². The number of nitrogens with one attached hydrogen (secondary N) is 1. The lowest BCUT2D eigenvalue weighted by Crippen LogP contribution is -2.47. The summed E-state index contributed by atoms with van der Waals surface area (Å²) in [6.45, 7) is 0.804. The molecule has 1 aliphatic rings. The normalized spacial score (nSPS) is 25.9. The summed E-state index contributed by atoms with van der Waals surface area (Å²) in [4.78, 5) is 0. The maximum Gasteiger partial charge on any atom is 0.0693 e. The van der Waals surface area contributed by atoms with Gasteiger partial charge in [0.15, 0.2) is 0 Å². The molecule has 2 atom stereocenters. The van der Waals surface area contributed by atoms with E-state index < -0.39 is 0 Å². The molecule has 1 aliphatic carbocycles. The molecule has 1 fully saturated rings. The third-order valence-corrected chi connectivity index (χ3v) is 2.97. The number of aliphatic hydroxyl groups excluding tert-OH is 1. The summed E-state index contributed by atoms with van der Waals surface area (Å²) in [5, 5.41) is 13.4. The third-order valence-electron chi connectivity index (χ3n) is 2.72. The van der Waals surface area contributed by atoms with Crippen molar-refractivity contribution in [1.82, 2.24) is 5.32 Å². The first kappa shape index (κ1) is 9.97. The van der Waals surface area contributed by atoms with Gasteiger partial charge in [0.1, 0.15) is 0 Å². The van der Waals surface area contributed by atoms with Crippen LogP contribution >= 0.6 is 11.6 Å².